The third-order valence-electron chi connectivity index (χ3n) is 5.52. The van der Waals surface area contributed by atoms with E-state index in [1.54, 1.807) is 36.2 Å². The first-order chi connectivity index (χ1) is 13.4. The average Bonchev–Trinajstić information content (AvgIpc) is 3.01. The number of benzene rings is 1. The highest BCUT2D eigenvalue weighted by Gasteiger charge is 2.28. The molecule has 0 atom stereocenters. The van der Waals surface area contributed by atoms with Crippen molar-refractivity contribution in [1.29, 1.82) is 0 Å². The van der Waals surface area contributed by atoms with Crippen LogP contribution in [0.5, 0.6) is 0 Å². The highest BCUT2D eigenvalue weighted by Crippen LogP contribution is 2.26. The number of aromatic nitrogens is 1. The van der Waals surface area contributed by atoms with Crippen LogP contribution in [0.4, 0.5) is 4.39 Å². The zero-order chi connectivity index (χ0) is 19.8. The van der Waals surface area contributed by atoms with Crippen molar-refractivity contribution in [2.45, 2.75) is 33.2 Å². The lowest BCUT2D eigenvalue weighted by Gasteiger charge is -2.30. The van der Waals surface area contributed by atoms with Crippen LogP contribution in [-0.4, -0.2) is 28.5 Å². The average molecular weight is 382 g/mol. The standard InChI is InChI=1S/C22H23FN2O3/c1-14-6-9-24(10-7-14)21(26)19-15(2)28-18-8-11-25(22(27)20(18)19)13-16-4-3-5-17(23)12-16/h3-5,8,11-12,14H,6-7,9-10,13H2,1-2H3. The molecule has 5 nitrogen and oxygen atoms in total. The zero-order valence-corrected chi connectivity index (χ0v) is 16.1. The number of rotatable bonds is 3. The molecule has 1 fully saturated rings. The summed E-state index contributed by atoms with van der Waals surface area (Å²) in [5, 5.41) is 0.306. The minimum Gasteiger partial charge on any atom is -0.460 e. The van der Waals surface area contributed by atoms with Crippen molar-refractivity contribution in [3.8, 4) is 0 Å². The summed E-state index contributed by atoms with van der Waals surface area (Å²) in [6.07, 6.45) is 3.55. The number of hydrogen-bond donors (Lipinski definition) is 0. The van der Waals surface area contributed by atoms with E-state index in [1.165, 1.54) is 16.7 Å². The van der Waals surface area contributed by atoms with Gasteiger partial charge in [-0.05, 0) is 49.4 Å². The number of nitrogens with zero attached hydrogens (tertiary/aromatic N) is 2. The maximum absolute atomic E-state index is 13.5. The van der Waals surface area contributed by atoms with Gasteiger partial charge in [-0.15, -0.1) is 0 Å². The molecule has 1 aliphatic heterocycles. The molecule has 28 heavy (non-hydrogen) atoms. The van der Waals surface area contributed by atoms with Crippen molar-refractivity contribution in [3.05, 3.63) is 69.6 Å². The Morgan fingerprint density at radius 3 is 2.71 bits per heavy atom. The van der Waals surface area contributed by atoms with Crippen LogP contribution in [0.2, 0.25) is 0 Å². The SMILES string of the molecule is Cc1oc2ccn(Cc3cccc(F)c3)c(=O)c2c1C(=O)N1CCC(C)CC1. The Kier molecular flexibility index (Phi) is 4.79. The molecule has 1 aromatic carbocycles. The number of likely N-dealkylation sites (tertiary alicyclic amines) is 1. The van der Waals surface area contributed by atoms with Gasteiger partial charge in [0.05, 0.1) is 17.5 Å². The lowest BCUT2D eigenvalue weighted by atomic mass is 9.98. The van der Waals surface area contributed by atoms with Crippen LogP contribution in [-0.2, 0) is 6.54 Å². The van der Waals surface area contributed by atoms with Crippen molar-refractivity contribution in [2.24, 2.45) is 5.92 Å². The summed E-state index contributed by atoms with van der Waals surface area (Å²) in [5.74, 6) is 0.568. The Labute approximate surface area is 162 Å². The summed E-state index contributed by atoms with van der Waals surface area (Å²) < 4.78 is 20.7. The first-order valence-electron chi connectivity index (χ1n) is 9.60. The number of amides is 1. The number of aryl methyl sites for hydroxylation is 1. The molecule has 6 heteroatoms. The number of halogens is 1. The second-order valence-corrected chi connectivity index (χ2v) is 7.63. The van der Waals surface area contributed by atoms with Crippen molar-refractivity contribution >= 4 is 16.9 Å². The molecule has 3 aromatic rings. The van der Waals surface area contributed by atoms with Crippen LogP contribution in [0.25, 0.3) is 11.0 Å². The molecule has 0 spiro atoms. The Balaban J connectivity index is 1.74. The molecule has 0 N–H and O–H groups in total. The van der Waals surface area contributed by atoms with Gasteiger partial charge in [0.25, 0.3) is 11.5 Å². The van der Waals surface area contributed by atoms with Gasteiger partial charge in [-0.1, -0.05) is 19.1 Å². The van der Waals surface area contributed by atoms with Crippen LogP contribution < -0.4 is 5.56 Å². The fourth-order valence-electron chi connectivity index (χ4n) is 3.85. The van der Waals surface area contributed by atoms with Crippen LogP contribution in [0.3, 0.4) is 0 Å². The van der Waals surface area contributed by atoms with E-state index in [1.807, 2.05) is 0 Å². The zero-order valence-electron chi connectivity index (χ0n) is 16.1. The topological polar surface area (TPSA) is 55.5 Å². The summed E-state index contributed by atoms with van der Waals surface area (Å²) in [4.78, 5) is 28.1. The monoisotopic (exact) mass is 382 g/mol. The van der Waals surface area contributed by atoms with Gasteiger partial charge < -0.3 is 13.9 Å². The van der Waals surface area contributed by atoms with E-state index in [0.717, 1.165) is 12.8 Å². The highest BCUT2D eigenvalue weighted by molar-refractivity contribution is 6.06. The molecule has 146 valence electrons. The van der Waals surface area contributed by atoms with E-state index < -0.39 is 0 Å². The highest BCUT2D eigenvalue weighted by atomic mass is 19.1. The smallest absolute Gasteiger partial charge is 0.262 e. The Morgan fingerprint density at radius 2 is 2.00 bits per heavy atom. The summed E-state index contributed by atoms with van der Waals surface area (Å²) in [7, 11) is 0. The van der Waals surface area contributed by atoms with Gasteiger partial charge >= 0.3 is 0 Å². The van der Waals surface area contributed by atoms with Crippen molar-refractivity contribution in [3.63, 3.8) is 0 Å². The molecule has 0 saturated carbocycles. The van der Waals surface area contributed by atoms with Crippen molar-refractivity contribution in [1.82, 2.24) is 9.47 Å². The number of furan rings is 1. The van der Waals surface area contributed by atoms with Gasteiger partial charge in [0.1, 0.15) is 17.2 Å². The van der Waals surface area contributed by atoms with Gasteiger partial charge in [0, 0.05) is 19.3 Å². The fourth-order valence-corrected chi connectivity index (χ4v) is 3.85. The van der Waals surface area contributed by atoms with Gasteiger partial charge in [-0.25, -0.2) is 4.39 Å². The normalized spacial score (nSPS) is 15.3. The molecule has 4 rings (SSSR count). The fraction of sp³-hybridized carbons (Fsp3) is 0.364. The third-order valence-corrected chi connectivity index (χ3v) is 5.52. The summed E-state index contributed by atoms with van der Waals surface area (Å²) in [5.41, 5.74) is 1.14. The van der Waals surface area contributed by atoms with E-state index in [9.17, 15) is 14.0 Å². The lowest BCUT2D eigenvalue weighted by molar-refractivity contribution is 0.0697. The predicted octanol–water partition coefficient (Wildman–Crippen LogP) is 3.96. The maximum atomic E-state index is 13.5. The molecule has 1 saturated heterocycles. The number of pyridine rings is 1. The number of fused-ring (bicyclic) bond motifs is 1. The molecular weight excluding hydrogens is 359 g/mol. The Morgan fingerprint density at radius 1 is 1.25 bits per heavy atom. The number of hydrogen-bond acceptors (Lipinski definition) is 3. The molecule has 0 bridgehead atoms. The Bertz CT molecular complexity index is 1090. The van der Waals surface area contributed by atoms with Crippen LogP contribution in [0, 0.1) is 18.7 Å². The van der Waals surface area contributed by atoms with Crippen molar-refractivity contribution in [2.75, 3.05) is 13.1 Å². The Hall–Kier alpha value is -2.89. The van der Waals surface area contributed by atoms with E-state index in [4.69, 9.17) is 4.42 Å². The third kappa shape index (κ3) is 3.35. The van der Waals surface area contributed by atoms with Gasteiger partial charge in [0.2, 0.25) is 0 Å². The maximum Gasteiger partial charge on any atom is 0.262 e. The first-order valence-corrected chi connectivity index (χ1v) is 9.60. The number of carbonyl (C=O) groups is 1. The molecule has 1 aliphatic rings. The second kappa shape index (κ2) is 7.26. The molecule has 0 unspecified atom stereocenters. The summed E-state index contributed by atoms with van der Waals surface area (Å²) in [6.45, 7) is 5.51. The minimum absolute atomic E-state index is 0.149. The van der Waals surface area contributed by atoms with Gasteiger partial charge in [-0.3, -0.25) is 9.59 Å². The quantitative estimate of drug-likeness (QED) is 0.689. The van der Waals surface area contributed by atoms with E-state index in [-0.39, 0.29) is 23.8 Å². The van der Waals surface area contributed by atoms with Crippen LogP contribution >= 0.6 is 0 Å². The summed E-state index contributed by atoms with van der Waals surface area (Å²) in [6, 6.07) is 7.84. The van der Waals surface area contributed by atoms with E-state index >= 15 is 0 Å². The van der Waals surface area contributed by atoms with E-state index in [0.29, 0.717) is 46.9 Å². The molecular formula is C22H23FN2O3. The largest absolute Gasteiger partial charge is 0.460 e. The molecule has 2 aromatic heterocycles. The minimum atomic E-state index is -0.346. The van der Waals surface area contributed by atoms with E-state index in [2.05, 4.69) is 6.92 Å². The van der Waals surface area contributed by atoms with Gasteiger partial charge in [-0.2, -0.15) is 0 Å². The predicted molar refractivity (Wildman–Crippen MR) is 105 cm³/mol. The number of carbonyl (C=O) groups excluding carboxylic acids is 1. The lowest BCUT2D eigenvalue weighted by Crippen LogP contribution is -2.38. The molecule has 0 radical (unpaired) electrons. The van der Waals surface area contributed by atoms with Gasteiger partial charge in [0.15, 0.2) is 0 Å². The molecule has 3 heterocycles. The molecule has 1 amide bonds. The van der Waals surface area contributed by atoms with Crippen molar-refractivity contribution < 1.29 is 13.6 Å². The molecule has 0 aliphatic carbocycles. The summed E-state index contributed by atoms with van der Waals surface area (Å²) >= 11 is 0. The van der Waals surface area contributed by atoms with Crippen LogP contribution in [0.15, 0.2) is 45.7 Å². The van der Waals surface area contributed by atoms with Crippen LogP contribution in [0.1, 0.15) is 41.4 Å². The number of piperidine rings is 1. The second-order valence-electron chi connectivity index (χ2n) is 7.63. The first kappa shape index (κ1) is 18.5.